The lowest BCUT2D eigenvalue weighted by molar-refractivity contribution is -0.145. The Labute approximate surface area is 294 Å². The average molecular weight is 711 g/mol. The molecule has 2 fully saturated rings. The van der Waals surface area contributed by atoms with Gasteiger partial charge in [0.25, 0.3) is 5.91 Å². The van der Waals surface area contributed by atoms with Gasteiger partial charge >= 0.3 is 6.03 Å². The molecular formula is C35H62N6O7S. The van der Waals surface area contributed by atoms with Crippen molar-refractivity contribution < 1.29 is 32.4 Å². The lowest BCUT2D eigenvalue weighted by Gasteiger charge is -2.39. The van der Waals surface area contributed by atoms with E-state index in [9.17, 15) is 32.4 Å². The first kappa shape index (κ1) is 42.2. The van der Waals surface area contributed by atoms with Crippen molar-refractivity contribution in [2.45, 2.75) is 126 Å². The maximum atomic E-state index is 14.4. The summed E-state index contributed by atoms with van der Waals surface area (Å²) in [6.07, 6.45) is 2.23. The van der Waals surface area contributed by atoms with Gasteiger partial charge in [0.2, 0.25) is 27.6 Å². The molecule has 0 aromatic heterocycles. The smallest absolute Gasteiger partial charge is 0.315 e. The lowest BCUT2D eigenvalue weighted by Crippen LogP contribution is -2.62. The third-order valence-corrected chi connectivity index (χ3v) is 12.2. The molecule has 280 valence electrons. The van der Waals surface area contributed by atoms with Gasteiger partial charge < -0.3 is 26.2 Å². The zero-order chi connectivity index (χ0) is 38.1. The van der Waals surface area contributed by atoms with E-state index >= 15 is 0 Å². The summed E-state index contributed by atoms with van der Waals surface area (Å²) in [5.74, 6) is -3.05. The summed E-state index contributed by atoms with van der Waals surface area (Å²) in [6, 6.07) is -4.55. The first-order valence-corrected chi connectivity index (χ1v) is 18.8. The van der Waals surface area contributed by atoms with Crippen molar-refractivity contribution in [2.75, 3.05) is 25.9 Å². The second kappa shape index (κ2) is 15.1. The number of sulfonamides is 1. The highest BCUT2D eigenvalue weighted by molar-refractivity contribution is 7.89. The zero-order valence-corrected chi connectivity index (χ0v) is 32.8. The number of piperidine rings is 1. The van der Waals surface area contributed by atoms with E-state index < -0.39 is 80.1 Å². The monoisotopic (exact) mass is 710 g/mol. The molecule has 14 heteroatoms. The molecular weight excluding hydrogens is 648 g/mol. The number of ketones is 1. The third kappa shape index (κ3) is 10.0. The molecule has 13 nitrogen and oxygen atoms in total. The molecule has 49 heavy (non-hydrogen) atoms. The highest BCUT2D eigenvalue weighted by Crippen LogP contribution is 2.65. The van der Waals surface area contributed by atoms with Crippen LogP contribution in [0.15, 0.2) is 12.7 Å². The van der Waals surface area contributed by atoms with Gasteiger partial charge in [-0.1, -0.05) is 74.8 Å². The second-order valence-electron chi connectivity index (χ2n) is 17.4. The minimum absolute atomic E-state index is 0.0353. The number of amides is 5. The molecule has 1 aliphatic heterocycles. The largest absolute Gasteiger partial charge is 0.346 e. The van der Waals surface area contributed by atoms with E-state index in [1.54, 1.807) is 41.5 Å². The first-order valence-electron chi connectivity index (χ1n) is 17.2. The summed E-state index contributed by atoms with van der Waals surface area (Å²) in [5.41, 5.74) is -2.33. The average Bonchev–Trinajstić information content (AvgIpc) is 3.26. The summed E-state index contributed by atoms with van der Waals surface area (Å²) >= 11 is 0. The summed E-state index contributed by atoms with van der Waals surface area (Å²) < 4.78 is 27.9. The van der Waals surface area contributed by atoms with Crippen molar-refractivity contribution in [1.82, 2.24) is 30.5 Å². The summed E-state index contributed by atoms with van der Waals surface area (Å²) in [6.45, 7) is 26.1. The first-order chi connectivity index (χ1) is 22.1. The van der Waals surface area contributed by atoms with E-state index in [4.69, 9.17) is 0 Å². The van der Waals surface area contributed by atoms with E-state index in [-0.39, 0.29) is 36.0 Å². The molecule has 1 saturated carbocycles. The van der Waals surface area contributed by atoms with Gasteiger partial charge in [-0.25, -0.2) is 13.2 Å². The Morgan fingerprint density at radius 1 is 0.959 bits per heavy atom. The maximum Gasteiger partial charge on any atom is 0.315 e. The number of urea groups is 1. The highest BCUT2D eigenvalue weighted by atomic mass is 32.2. The number of nitrogens with zero attached hydrogens (tertiary/aromatic N) is 2. The van der Waals surface area contributed by atoms with Gasteiger partial charge in [0.15, 0.2) is 0 Å². The highest BCUT2D eigenvalue weighted by Gasteiger charge is 2.70. The molecule has 1 saturated heterocycles. The summed E-state index contributed by atoms with van der Waals surface area (Å²) in [4.78, 5) is 68.8. The molecule has 6 atom stereocenters. The quantitative estimate of drug-likeness (QED) is 0.158. The Kier molecular flexibility index (Phi) is 13.0. The summed E-state index contributed by atoms with van der Waals surface area (Å²) in [5, 5.41) is 10.9. The van der Waals surface area contributed by atoms with Crippen LogP contribution in [0.1, 0.15) is 95.9 Å². The Balaban J connectivity index is 2.35. The number of carbonyl (C=O) groups is 5. The Morgan fingerprint density at radius 3 is 2.00 bits per heavy atom. The van der Waals surface area contributed by atoms with E-state index in [0.29, 0.717) is 13.0 Å². The van der Waals surface area contributed by atoms with Crippen LogP contribution in [0.3, 0.4) is 0 Å². The fourth-order valence-electron chi connectivity index (χ4n) is 6.43. The number of likely N-dealkylation sites (tertiary alicyclic amines) is 1. The van der Waals surface area contributed by atoms with Crippen LogP contribution in [0.2, 0.25) is 0 Å². The van der Waals surface area contributed by atoms with Crippen LogP contribution in [0, 0.1) is 28.1 Å². The Hall–Kier alpha value is -3.00. The number of nitrogens with one attached hydrogen (secondary N) is 4. The molecule has 0 aromatic rings. The van der Waals surface area contributed by atoms with Crippen molar-refractivity contribution in [1.29, 1.82) is 0 Å². The van der Waals surface area contributed by atoms with Crippen LogP contribution < -0.4 is 21.3 Å². The zero-order valence-electron chi connectivity index (χ0n) is 31.9. The van der Waals surface area contributed by atoms with Crippen molar-refractivity contribution in [3.8, 4) is 0 Å². The Bertz CT molecular complexity index is 1390. The van der Waals surface area contributed by atoms with E-state index in [2.05, 4.69) is 27.8 Å². The number of Topliss-reactive ketones (excluding diaryl/α,β-unsaturated/α-hetero) is 1. The molecule has 4 N–H and O–H groups in total. The molecule has 5 amide bonds. The molecule has 0 spiro atoms. The minimum atomic E-state index is -3.77. The van der Waals surface area contributed by atoms with Gasteiger partial charge in [-0.2, -0.15) is 4.31 Å². The lowest BCUT2D eigenvalue weighted by atomic mass is 9.85. The minimum Gasteiger partial charge on any atom is -0.346 e. The third-order valence-electron chi connectivity index (χ3n) is 10.1. The van der Waals surface area contributed by atoms with Crippen LogP contribution >= 0.6 is 0 Å². The number of carbonyl (C=O) groups excluding carboxylic acids is 5. The number of hydrogen-bond donors (Lipinski definition) is 4. The van der Waals surface area contributed by atoms with Crippen LogP contribution in [-0.2, 0) is 29.2 Å². The molecule has 0 aromatic carbocycles. The maximum absolute atomic E-state index is 14.4. The van der Waals surface area contributed by atoms with Crippen molar-refractivity contribution in [2.24, 2.45) is 28.1 Å². The number of fused-ring (bicyclic) bond motifs is 1. The Morgan fingerprint density at radius 2 is 1.53 bits per heavy atom. The molecule has 2 rings (SSSR count). The van der Waals surface area contributed by atoms with Crippen LogP contribution in [0.4, 0.5) is 4.79 Å². The fourth-order valence-corrected chi connectivity index (χ4v) is 8.49. The van der Waals surface area contributed by atoms with Crippen molar-refractivity contribution in [3.05, 3.63) is 12.7 Å². The SMILES string of the molecule is C=CCNC(=O)C(=O)C(CCC)NC(=O)[C@@H]1[C@@H]2[C@H](CN1C(=O)[C@@H](NC(=O)N[C@H](CS(=O)(=O)N(C)C(C)(C)C)C(C)(C)C)C(C)(C)C)C2(C)C. The number of hydrogen-bond acceptors (Lipinski definition) is 7. The van der Waals surface area contributed by atoms with Crippen molar-refractivity contribution >= 4 is 39.6 Å². The number of rotatable bonds is 14. The van der Waals surface area contributed by atoms with Gasteiger partial charge in [-0.15, -0.1) is 6.58 Å². The molecule has 0 radical (unpaired) electrons. The molecule has 1 unspecified atom stereocenters. The van der Waals surface area contributed by atoms with Crippen molar-refractivity contribution in [3.63, 3.8) is 0 Å². The van der Waals surface area contributed by atoms with Gasteiger partial charge in [0.05, 0.1) is 17.8 Å². The van der Waals surface area contributed by atoms with Crippen LogP contribution in [-0.4, -0.2) is 103 Å². The van der Waals surface area contributed by atoms with Gasteiger partial charge in [-0.05, 0) is 55.3 Å². The molecule has 1 heterocycles. The fraction of sp³-hybridized carbons (Fsp3) is 0.800. The topological polar surface area (TPSA) is 174 Å². The van der Waals surface area contributed by atoms with E-state index in [1.165, 1.54) is 22.3 Å². The molecule has 1 aliphatic carbocycles. The van der Waals surface area contributed by atoms with Gasteiger partial charge in [0, 0.05) is 25.7 Å². The van der Waals surface area contributed by atoms with Crippen LogP contribution in [0.5, 0.6) is 0 Å². The standard InChI is InChI=1S/C35H62N6O7S/c1-15-17-22(26(42)29(44)36-18-16-2)37-28(43)25-24-21(35(24,12)13)19-41(25)30(45)27(33(6,7)8)39-31(46)38-23(32(3,4)5)20-49(47,48)40(14)34(9,10)11/h16,21-25,27H,2,15,17-20H2,1,3-14H3,(H,36,44)(H,37,43)(H2,38,39,46)/t21-,22?,23+,24-,25-,27+/m0/s1. The summed E-state index contributed by atoms with van der Waals surface area (Å²) in [7, 11) is -2.26. The second-order valence-corrected chi connectivity index (χ2v) is 19.4. The molecule has 0 bridgehead atoms. The van der Waals surface area contributed by atoms with E-state index in [1.807, 2.05) is 41.5 Å². The van der Waals surface area contributed by atoms with Crippen LogP contribution in [0.25, 0.3) is 0 Å². The van der Waals surface area contributed by atoms with Gasteiger partial charge in [-0.3, -0.25) is 19.2 Å². The molecule has 2 aliphatic rings. The predicted molar refractivity (Wildman–Crippen MR) is 191 cm³/mol. The van der Waals surface area contributed by atoms with Gasteiger partial charge in [0.1, 0.15) is 12.1 Å². The normalized spacial score (nSPS) is 22.3. The van der Waals surface area contributed by atoms with E-state index in [0.717, 1.165) is 0 Å². The predicted octanol–water partition coefficient (Wildman–Crippen LogP) is 2.81.